The molecule has 0 aliphatic carbocycles. The van der Waals surface area contributed by atoms with Gasteiger partial charge in [-0.3, -0.25) is 4.99 Å². The molecule has 2 N–H and O–H groups in total. The van der Waals surface area contributed by atoms with Crippen molar-refractivity contribution in [1.82, 2.24) is 10.2 Å². The number of anilines is 1. The van der Waals surface area contributed by atoms with E-state index in [1.165, 1.54) is 0 Å². The minimum absolute atomic E-state index is 0. The van der Waals surface area contributed by atoms with E-state index in [9.17, 15) is 0 Å². The predicted molar refractivity (Wildman–Crippen MR) is 145 cm³/mol. The third-order valence-electron chi connectivity index (χ3n) is 4.91. The van der Waals surface area contributed by atoms with E-state index < -0.39 is 0 Å². The summed E-state index contributed by atoms with van der Waals surface area (Å²) in [4.78, 5) is 6.97. The summed E-state index contributed by atoms with van der Waals surface area (Å²) in [6, 6.07) is 11.7. The van der Waals surface area contributed by atoms with Crippen LogP contribution in [0.3, 0.4) is 0 Å². The Morgan fingerprint density at radius 2 is 1.55 bits per heavy atom. The number of nitrogens with one attached hydrogen (secondary N) is 2. The Hall–Kier alpha value is -2.40. The summed E-state index contributed by atoms with van der Waals surface area (Å²) >= 11 is 0. The normalized spacial score (nSPS) is 11.9. The number of rotatable bonds is 11. The number of hydrogen-bond acceptors (Lipinski definition) is 6. The van der Waals surface area contributed by atoms with Gasteiger partial charge in [-0.2, -0.15) is 0 Å². The lowest BCUT2D eigenvalue weighted by atomic mass is 10.1. The molecule has 33 heavy (non-hydrogen) atoms. The van der Waals surface area contributed by atoms with Gasteiger partial charge in [-0.15, -0.1) is 24.0 Å². The molecule has 0 aliphatic rings. The third kappa shape index (κ3) is 8.15. The number of hydrogen-bond donors (Lipinski definition) is 2. The lowest BCUT2D eigenvalue weighted by Gasteiger charge is -2.24. The van der Waals surface area contributed by atoms with E-state index in [1.54, 1.807) is 21.3 Å². The molecule has 1 atom stereocenters. The van der Waals surface area contributed by atoms with Crippen molar-refractivity contribution < 1.29 is 18.9 Å². The number of benzene rings is 2. The maximum Gasteiger partial charge on any atom is 0.195 e. The van der Waals surface area contributed by atoms with Gasteiger partial charge in [0.05, 0.1) is 40.5 Å². The molecule has 0 bridgehead atoms. The van der Waals surface area contributed by atoms with Crippen LogP contribution >= 0.6 is 24.0 Å². The van der Waals surface area contributed by atoms with Crippen molar-refractivity contribution in [3.63, 3.8) is 0 Å². The molecule has 0 saturated heterocycles. The highest BCUT2D eigenvalue weighted by Gasteiger charge is 2.17. The van der Waals surface area contributed by atoms with Crippen LogP contribution in [-0.4, -0.2) is 66.0 Å². The molecule has 8 nitrogen and oxygen atoms in total. The number of ether oxygens (including phenoxy) is 4. The molecule has 0 radical (unpaired) electrons. The number of methoxy groups -OCH3 is 3. The summed E-state index contributed by atoms with van der Waals surface area (Å²) in [5.74, 6) is 3.48. The highest BCUT2D eigenvalue weighted by Crippen LogP contribution is 2.32. The van der Waals surface area contributed by atoms with E-state index in [0.717, 1.165) is 17.8 Å². The minimum atomic E-state index is 0. The van der Waals surface area contributed by atoms with Gasteiger partial charge in [-0.05, 0) is 57.8 Å². The quantitative estimate of drug-likeness (QED) is 0.235. The van der Waals surface area contributed by atoms with E-state index in [-0.39, 0.29) is 30.0 Å². The fourth-order valence-corrected chi connectivity index (χ4v) is 3.27. The van der Waals surface area contributed by atoms with Gasteiger partial charge in [-0.25, -0.2) is 0 Å². The lowest BCUT2D eigenvalue weighted by Crippen LogP contribution is -2.32. The van der Waals surface area contributed by atoms with Crippen LogP contribution in [0, 0.1) is 0 Å². The topological polar surface area (TPSA) is 76.6 Å². The van der Waals surface area contributed by atoms with Gasteiger partial charge < -0.3 is 34.5 Å². The predicted octanol–water partition coefficient (Wildman–Crippen LogP) is 4.41. The maximum absolute atomic E-state index is 5.68. The molecule has 0 fully saturated rings. The molecule has 0 amide bonds. The number of guanidine groups is 1. The van der Waals surface area contributed by atoms with E-state index in [0.29, 0.717) is 42.1 Å². The van der Waals surface area contributed by atoms with Gasteiger partial charge in [0.1, 0.15) is 0 Å². The second-order valence-electron chi connectivity index (χ2n) is 7.24. The van der Waals surface area contributed by atoms with Crippen LogP contribution in [0.25, 0.3) is 0 Å². The molecule has 9 heteroatoms. The summed E-state index contributed by atoms with van der Waals surface area (Å²) < 4.78 is 21.9. The van der Waals surface area contributed by atoms with Crippen LogP contribution in [0.15, 0.2) is 41.4 Å². The summed E-state index contributed by atoms with van der Waals surface area (Å²) in [5.41, 5.74) is 1.96. The molecular formula is C24H37IN4O4. The monoisotopic (exact) mass is 572 g/mol. The molecule has 1 unspecified atom stereocenters. The van der Waals surface area contributed by atoms with Gasteiger partial charge in [0, 0.05) is 18.3 Å². The number of halogens is 1. The smallest absolute Gasteiger partial charge is 0.195 e. The molecule has 0 heterocycles. The Morgan fingerprint density at radius 1 is 0.909 bits per heavy atom. The van der Waals surface area contributed by atoms with Crippen LogP contribution in [0.1, 0.15) is 25.5 Å². The summed E-state index contributed by atoms with van der Waals surface area (Å²) in [7, 11) is 8.98. The Labute approximate surface area is 214 Å². The first kappa shape index (κ1) is 28.6. The van der Waals surface area contributed by atoms with Crippen LogP contribution in [0.5, 0.6) is 23.0 Å². The summed E-state index contributed by atoms with van der Waals surface area (Å²) in [6.45, 7) is 5.83. The zero-order valence-corrected chi connectivity index (χ0v) is 22.9. The van der Waals surface area contributed by atoms with Crippen molar-refractivity contribution in [2.75, 3.05) is 60.4 Å². The first-order valence-electron chi connectivity index (χ1n) is 10.7. The number of likely N-dealkylation sites (N-methyl/N-ethyl adjacent to an activating group) is 1. The van der Waals surface area contributed by atoms with Crippen molar-refractivity contribution in [2.24, 2.45) is 4.99 Å². The molecule has 0 aromatic heterocycles. The van der Waals surface area contributed by atoms with E-state index in [4.69, 9.17) is 23.9 Å². The van der Waals surface area contributed by atoms with Crippen molar-refractivity contribution in [1.29, 1.82) is 0 Å². The van der Waals surface area contributed by atoms with Crippen molar-refractivity contribution in [2.45, 2.75) is 19.9 Å². The second kappa shape index (κ2) is 14.7. The van der Waals surface area contributed by atoms with Crippen LogP contribution in [-0.2, 0) is 0 Å². The zero-order valence-electron chi connectivity index (χ0n) is 20.6. The van der Waals surface area contributed by atoms with Crippen LogP contribution in [0.4, 0.5) is 5.69 Å². The first-order chi connectivity index (χ1) is 15.5. The second-order valence-corrected chi connectivity index (χ2v) is 7.24. The Balaban J connectivity index is 0.00000544. The van der Waals surface area contributed by atoms with Crippen molar-refractivity contribution in [3.8, 4) is 23.0 Å². The third-order valence-corrected chi connectivity index (χ3v) is 4.91. The molecule has 0 aliphatic heterocycles. The van der Waals surface area contributed by atoms with Gasteiger partial charge in [-0.1, -0.05) is 6.07 Å². The average molecular weight is 572 g/mol. The fraction of sp³-hybridized carbons (Fsp3) is 0.458. The van der Waals surface area contributed by atoms with Gasteiger partial charge in [0.2, 0.25) is 0 Å². The van der Waals surface area contributed by atoms with Gasteiger partial charge >= 0.3 is 0 Å². The van der Waals surface area contributed by atoms with Gasteiger partial charge in [0.15, 0.2) is 29.0 Å². The number of aliphatic imine (C=N–C) groups is 1. The molecule has 2 rings (SSSR count). The molecule has 0 spiro atoms. The SMILES string of the molecule is CCNC(=NCC(c1ccc(OC)c(OC)c1)N(C)C)Nc1ccc(OC)c(OCC)c1.I. The Morgan fingerprint density at radius 3 is 2.12 bits per heavy atom. The highest BCUT2D eigenvalue weighted by molar-refractivity contribution is 14.0. The standard InChI is InChI=1S/C24H36N4O4.HI/c1-8-25-24(27-18-11-13-21(30-6)23(15-18)32-9-2)26-16-19(28(3)4)17-10-12-20(29-5)22(14-17)31-7;/h10-15,19H,8-9,16H2,1-7H3,(H2,25,26,27);1H. The lowest BCUT2D eigenvalue weighted by molar-refractivity contribution is 0.303. The van der Waals surface area contributed by atoms with E-state index in [1.807, 2.05) is 64.3 Å². The van der Waals surface area contributed by atoms with Crippen molar-refractivity contribution in [3.05, 3.63) is 42.0 Å². The number of nitrogens with zero attached hydrogens (tertiary/aromatic N) is 2. The summed E-state index contributed by atoms with van der Waals surface area (Å²) in [5, 5.41) is 6.66. The molecule has 2 aromatic carbocycles. The largest absolute Gasteiger partial charge is 0.493 e. The average Bonchev–Trinajstić information content (AvgIpc) is 2.79. The van der Waals surface area contributed by atoms with E-state index in [2.05, 4.69) is 15.5 Å². The molecule has 2 aromatic rings. The Bertz CT molecular complexity index is 893. The minimum Gasteiger partial charge on any atom is -0.493 e. The van der Waals surface area contributed by atoms with Crippen LogP contribution < -0.4 is 29.6 Å². The van der Waals surface area contributed by atoms with Crippen molar-refractivity contribution >= 4 is 35.6 Å². The summed E-state index contributed by atoms with van der Waals surface area (Å²) in [6.07, 6.45) is 0. The van der Waals surface area contributed by atoms with Gasteiger partial charge in [0.25, 0.3) is 0 Å². The zero-order chi connectivity index (χ0) is 23.5. The molecule has 0 saturated carbocycles. The fourth-order valence-electron chi connectivity index (χ4n) is 3.27. The first-order valence-corrected chi connectivity index (χ1v) is 10.7. The van der Waals surface area contributed by atoms with Crippen LogP contribution in [0.2, 0.25) is 0 Å². The molecule has 184 valence electrons. The highest BCUT2D eigenvalue weighted by atomic mass is 127. The maximum atomic E-state index is 5.68. The van der Waals surface area contributed by atoms with E-state index >= 15 is 0 Å². The molecular weight excluding hydrogens is 535 g/mol. The Kier molecular flexibility index (Phi) is 12.7.